The van der Waals surface area contributed by atoms with Crippen LogP contribution < -0.4 is 0 Å². The molecule has 0 N–H and O–H groups in total. The summed E-state index contributed by atoms with van der Waals surface area (Å²) in [7, 11) is 0. The average molecular weight is 452 g/mol. The maximum Gasteiger partial charge on any atom is 0.533 e. The van der Waals surface area contributed by atoms with E-state index in [1.807, 2.05) is 0 Å². The number of benzene rings is 1. The van der Waals surface area contributed by atoms with Gasteiger partial charge in [-0.1, -0.05) is 64.6 Å². The molecule has 0 aromatic heterocycles. The summed E-state index contributed by atoms with van der Waals surface area (Å²) in [4.78, 5) is 29.4. The van der Waals surface area contributed by atoms with Crippen LogP contribution in [0.15, 0.2) is 24.3 Å². The Bertz CT molecular complexity index is 618. The highest BCUT2D eigenvalue weighted by molar-refractivity contribution is 6.67. The fraction of sp³-hybridized carbons (Fsp3) is 0.467. The fourth-order valence-corrected chi connectivity index (χ4v) is 2.05. The van der Waals surface area contributed by atoms with Crippen LogP contribution in [0.2, 0.25) is 5.02 Å². The lowest BCUT2D eigenvalue weighted by atomic mass is 9.95. The minimum Gasteiger partial charge on any atom is -0.428 e. The molecule has 0 aliphatic heterocycles. The number of alkyl halides is 4. The van der Waals surface area contributed by atoms with E-state index in [-0.39, 0.29) is 12.4 Å². The van der Waals surface area contributed by atoms with E-state index in [9.17, 15) is 9.59 Å². The van der Waals surface area contributed by atoms with E-state index in [2.05, 4.69) is 4.74 Å². The Labute approximate surface area is 170 Å². The van der Waals surface area contributed by atoms with Crippen molar-refractivity contribution in [3.8, 4) is 0 Å². The zero-order chi connectivity index (χ0) is 19.3. The molecule has 0 radical (unpaired) electrons. The molecule has 1 aromatic rings. The summed E-state index contributed by atoms with van der Waals surface area (Å²) >= 11 is 28.4. The Morgan fingerprint density at radius 2 is 1.76 bits per heavy atom. The molecular weight excluding hydrogens is 435 g/mol. The van der Waals surface area contributed by atoms with Crippen LogP contribution in [0, 0.1) is 5.41 Å². The van der Waals surface area contributed by atoms with Gasteiger partial charge in [0.05, 0.1) is 12.0 Å². The summed E-state index contributed by atoms with van der Waals surface area (Å²) in [5.41, 5.74) is -0.421. The highest BCUT2D eigenvalue weighted by Crippen LogP contribution is 2.27. The molecule has 140 valence electrons. The van der Waals surface area contributed by atoms with Gasteiger partial charge in [0.25, 0.3) is 5.91 Å². The average Bonchev–Trinajstić information content (AvgIpc) is 2.53. The van der Waals surface area contributed by atoms with Crippen molar-refractivity contribution in [1.29, 1.82) is 0 Å². The normalized spacial score (nSPS) is 11.8. The van der Waals surface area contributed by atoms with Gasteiger partial charge in [0, 0.05) is 10.9 Å². The third-order valence-corrected chi connectivity index (χ3v) is 4.31. The predicted octanol–water partition coefficient (Wildman–Crippen LogP) is 5.37. The number of carbonyl (C=O) groups is 2. The van der Waals surface area contributed by atoms with Crippen molar-refractivity contribution in [3.05, 3.63) is 34.9 Å². The number of hydrogen-bond acceptors (Lipinski definition) is 4. The molecule has 25 heavy (non-hydrogen) atoms. The fourth-order valence-electron chi connectivity index (χ4n) is 1.58. The summed E-state index contributed by atoms with van der Waals surface area (Å²) in [6, 6.07) is 6.80. The van der Waals surface area contributed by atoms with Crippen molar-refractivity contribution in [2.24, 2.45) is 5.41 Å². The minimum absolute atomic E-state index is 0.0113. The molecule has 10 heteroatoms. The number of hydroxylamine groups is 2. The number of hydrogen-bond donors (Lipinski definition) is 0. The molecule has 0 atom stereocenters. The molecule has 1 aromatic carbocycles. The summed E-state index contributed by atoms with van der Waals surface area (Å²) in [5, 5.41) is 1.23. The third kappa shape index (κ3) is 7.67. The van der Waals surface area contributed by atoms with Crippen molar-refractivity contribution in [3.63, 3.8) is 0 Å². The lowest BCUT2D eigenvalue weighted by Crippen LogP contribution is -2.43. The lowest BCUT2D eigenvalue weighted by Gasteiger charge is -2.29. The second kappa shape index (κ2) is 9.38. The molecule has 0 unspecified atom stereocenters. The van der Waals surface area contributed by atoms with Crippen LogP contribution in [0.1, 0.15) is 19.4 Å². The van der Waals surface area contributed by atoms with Crippen LogP contribution >= 0.6 is 58.0 Å². The standard InChI is InChI=1S/C15H16Cl5NO4/c1-14(2,8-16)12(22)21(7-10-5-3-4-6-11(10)17)25-13(23)24-9-15(18,19)20/h3-6H,7-9H2,1-2H3. The number of rotatable bonds is 5. The molecule has 0 saturated heterocycles. The van der Waals surface area contributed by atoms with E-state index in [1.54, 1.807) is 38.1 Å². The van der Waals surface area contributed by atoms with Crippen molar-refractivity contribution in [1.82, 2.24) is 5.06 Å². The second-order valence-electron chi connectivity index (χ2n) is 5.70. The van der Waals surface area contributed by atoms with Crippen LogP contribution in [0.25, 0.3) is 0 Å². The first kappa shape index (κ1) is 22.5. The Morgan fingerprint density at radius 1 is 1.16 bits per heavy atom. The monoisotopic (exact) mass is 449 g/mol. The number of nitrogens with zero attached hydrogens (tertiary/aromatic N) is 1. The van der Waals surface area contributed by atoms with Gasteiger partial charge in [-0.25, -0.2) is 4.79 Å². The van der Waals surface area contributed by atoms with Crippen LogP contribution in [0.4, 0.5) is 4.79 Å². The molecule has 0 aliphatic rings. The smallest absolute Gasteiger partial charge is 0.428 e. The molecule has 5 nitrogen and oxygen atoms in total. The van der Waals surface area contributed by atoms with Crippen LogP contribution in [-0.4, -0.2) is 33.4 Å². The maximum absolute atomic E-state index is 12.6. The molecule has 0 bridgehead atoms. The van der Waals surface area contributed by atoms with Crippen LogP contribution in [0.5, 0.6) is 0 Å². The Kier molecular flexibility index (Phi) is 8.42. The SMILES string of the molecule is CC(C)(CCl)C(=O)N(Cc1ccccc1Cl)OC(=O)OCC(Cl)(Cl)Cl. The summed E-state index contributed by atoms with van der Waals surface area (Å²) in [6.07, 6.45) is -1.20. The molecular formula is C15H16Cl5NO4. The largest absolute Gasteiger partial charge is 0.533 e. The van der Waals surface area contributed by atoms with Crippen molar-refractivity contribution < 1.29 is 19.2 Å². The van der Waals surface area contributed by atoms with E-state index in [0.29, 0.717) is 10.6 Å². The lowest BCUT2D eigenvalue weighted by molar-refractivity contribution is -0.184. The van der Waals surface area contributed by atoms with Gasteiger partial charge in [-0.05, 0) is 25.5 Å². The Morgan fingerprint density at radius 3 is 2.28 bits per heavy atom. The van der Waals surface area contributed by atoms with Crippen molar-refractivity contribution in [2.45, 2.75) is 24.2 Å². The van der Waals surface area contributed by atoms with Gasteiger partial charge >= 0.3 is 6.16 Å². The number of ether oxygens (including phenoxy) is 1. The van der Waals surface area contributed by atoms with E-state index in [4.69, 9.17) is 62.8 Å². The predicted molar refractivity (Wildman–Crippen MR) is 99.2 cm³/mol. The van der Waals surface area contributed by atoms with E-state index in [0.717, 1.165) is 5.06 Å². The van der Waals surface area contributed by atoms with Gasteiger partial charge in [-0.15, -0.1) is 11.6 Å². The topological polar surface area (TPSA) is 55.8 Å². The zero-order valence-electron chi connectivity index (χ0n) is 13.4. The third-order valence-electron chi connectivity index (χ3n) is 2.95. The van der Waals surface area contributed by atoms with E-state index in [1.165, 1.54) is 0 Å². The molecule has 0 spiro atoms. The van der Waals surface area contributed by atoms with Gasteiger partial charge in [0.1, 0.15) is 6.61 Å². The number of amides is 1. The molecule has 1 rings (SSSR count). The first-order chi connectivity index (χ1) is 11.5. The summed E-state index contributed by atoms with van der Waals surface area (Å²) in [6.45, 7) is 2.58. The number of halogens is 5. The molecule has 0 fully saturated rings. The van der Waals surface area contributed by atoms with Crippen molar-refractivity contribution in [2.75, 3.05) is 12.5 Å². The number of carbonyl (C=O) groups excluding carboxylic acids is 2. The first-order valence-electron chi connectivity index (χ1n) is 6.99. The Hall–Kier alpha value is -0.590. The summed E-state index contributed by atoms with van der Waals surface area (Å²) < 4.78 is 2.88. The van der Waals surface area contributed by atoms with Crippen LogP contribution in [-0.2, 0) is 20.9 Å². The van der Waals surface area contributed by atoms with Crippen LogP contribution in [0.3, 0.4) is 0 Å². The molecule has 0 aliphatic carbocycles. The second-order valence-corrected chi connectivity index (χ2v) is 8.89. The highest BCUT2D eigenvalue weighted by atomic mass is 35.6. The maximum atomic E-state index is 12.6. The molecule has 0 heterocycles. The molecule has 0 saturated carbocycles. The van der Waals surface area contributed by atoms with Gasteiger partial charge in [0.2, 0.25) is 3.79 Å². The van der Waals surface area contributed by atoms with Gasteiger partial charge in [-0.2, -0.15) is 5.06 Å². The van der Waals surface area contributed by atoms with Gasteiger partial charge in [-0.3, -0.25) is 4.79 Å². The zero-order valence-corrected chi connectivity index (χ0v) is 17.2. The Balaban J connectivity index is 2.94. The minimum atomic E-state index is -1.80. The molecule has 1 amide bonds. The first-order valence-corrected chi connectivity index (χ1v) is 9.04. The van der Waals surface area contributed by atoms with E-state index >= 15 is 0 Å². The van der Waals surface area contributed by atoms with Gasteiger partial charge < -0.3 is 9.57 Å². The highest BCUT2D eigenvalue weighted by Gasteiger charge is 2.35. The quantitative estimate of drug-likeness (QED) is 0.343. The van der Waals surface area contributed by atoms with E-state index < -0.39 is 27.9 Å². The van der Waals surface area contributed by atoms with Gasteiger partial charge in [0.15, 0.2) is 0 Å². The summed E-state index contributed by atoms with van der Waals surface area (Å²) in [5.74, 6) is -0.523. The van der Waals surface area contributed by atoms with Crippen molar-refractivity contribution >= 4 is 70.1 Å².